The molecule has 0 aliphatic carbocycles. The molecule has 21 heavy (non-hydrogen) atoms. The molecule has 0 unspecified atom stereocenters. The molecule has 0 aliphatic heterocycles. The summed E-state index contributed by atoms with van der Waals surface area (Å²) in [7, 11) is 1.55. The lowest BCUT2D eigenvalue weighted by Crippen LogP contribution is -2.22. The van der Waals surface area contributed by atoms with Gasteiger partial charge in [-0.3, -0.25) is 4.79 Å². The SMILES string of the molecule is COc1ccc(CNC(=O)c2ccc(C#N)cc2)cc1N. The summed E-state index contributed by atoms with van der Waals surface area (Å²) in [6.45, 7) is 0.368. The molecule has 0 saturated heterocycles. The maximum atomic E-state index is 12.0. The Kier molecular flexibility index (Phi) is 4.42. The molecule has 0 fully saturated rings. The first kappa shape index (κ1) is 14.4. The third-order valence-electron chi connectivity index (χ3n) is 3.02. The predicted molar refractivity (Wildman–Crippen MR) is 79.7 cm³/mol. The lowest BCUT2D eigenvalue weighted by Gasteiger charge is -2.08. The van der Waals surface area contributed by atoms with Gasteiger partial charge in [-0.1, -0.05) is 6.07 Å². The predicted octanol–water partition coefficient (Wildman–Crippen LogP) is 2.08. The molecule has 0 heterocycles. The van der Waals surface area contributed by atoms with E-state index in [1.165, 1.54) is 0 Å². The lowest BCUT2D eigenvalue weighted by molar-refractivity contribution is 0.0951. The van der Waals surface area contributed by atoms with E-state index in [1.807, 2.05) is 12.1 Å². The van der Waals surface area contributed by atoms with Crippen LogP contribution in [0.4, 0.5) is 5.69 Å². The topological polar surface area (TPSA) is 88.1 Å². The van der Waals surface area contributed by atoms with Gasteiger partial charge in [0, 0.05) is 12.1 Å². The summed E-state index contributed by atoms with van der Waals surface area (Å²) in [5.74, 6) is 0.408. The van der Waals surface area contributed by atoms with Crippen LogP contribution in [-0.4, -0.2) is 13.0 Å². The van der Waals surface area contributed by atoms with E-state index in [0.29, 0.717) is 29.1 Å². The van der Waals surface area contributed by atoms with E-state index < -0.39 is 0 Å². The Labute approximate surface area is 123 Å². The van der Waals surface area contributed by atoms with Gasteiger partial charge in [-0.05, 0) is 42.0 Å². The molecule has 0 bridgehead atoms. The van der Waals surface area contributed by atoms with Crippen LogP contribution >= 0.6 is 0 Å². The number of methoxy groups -OCH3 is 1. The molecule has 2 rings (SSSR count). The van der Waals surface area contributed by atoms with E-state index in [1.54, 1.807) is 43.5 Å². The van der Waals surface area contributed by atoms with Crippen LogP contribution in [-0.2, 0) is 6.54 Å². The Hall–Kier alpha value is -3.00. The summed E-state index contributed by atoms with van der Waals surface area (Å²) in [5.41, 5.74) is 8.26. The molecule has 5 heteroatoms. The molecule has 0 aliphatic rings. The first-order valence-electron chi connectivity index (χ1n) is 6.35. The fraction of sp³-hybridized carbons (Fsp3) is 0.125. The maximum absolute atomic E-state index is 12.0. The van der Waals surface area contributed by atoms with Crippen molar-refractivity contribution >= 4 is 11.6 Å². The van der Waals surface area contributed by atoms with E-state index in [-0.39, 0.29) is 5.91 Å². The van der Waals surface area contributed by atoms with Gasteiger partial charge in [0.25, 0.3) is 5.91 Å². The smallest absolute Gasteiger partial charge is 0.251 e. The van der Waals surface area contributed by atoms with E-state index in [9.17, 15) is 4.79 Å². The van der Waals surface area contributed by atoms with Crippen molar-refractivity contribution in [1.82, 2.24) is 5.32 Å². The Morgan fingerprint density at radius 1 is 1.29 bits per heavy atom. The van der Waals surface area contributed by atoms with Crippen molar-refractivity contribution in [2.75, 3.05) is 12.8 Å². The molecule has 0 spiro atoms. The fourth-order valence-electron chi connectivity index (χ4n) is 1.87. The molecule has 0 aromatic heterocycles. The van der Waals surface area contributed by atoms with Gasteiger partial charge in [0.15, 0.2) is 0 Å². The number of hydrogen-bond donors (Lipinski definition) is 2. The zero-order chi connectivity index (χ0) is 15.2. The first-order chi connectivity index (χ1) is 10.1. The highest BCUT2D eigenvalue weighted by atomic mass is 16.5. The molecular formula is C16H15N3O2. The number of amides is 1. The molecule has 3 N–H and O–H groups in total. The van der Waals surface area contributed by atoms with E-state index in [2.05, 4.69) is 5.32 Å². The third kappa shape index (κ3) is 3.51. The number of nitrogens with zero attached hydrogens (tertiary/aromatic N) is 1. The maximum Gasteiger partial charge on any atom is 0.251 e. The normalized spacial score (nSPS) is 9.71. The van der Waals surface area contributed by atoms with Crippen molar-refractivity contribution in [3.8, 4) is 11.8 Å². The van der Waals surface area contributed by atoms with Crippen molar-refractivity contribution in [2.45, 2.75) is 6.54 Å². The van der Waals surface area contributed by atoms with Gasteiger partial charge >= 0.3 is 0 Å². The van der Waals surface area contributed by atoms with Crippen molar-refractivity contribution in [2.24, 2.45) is 0 Å². The van der Waals surface area contributed by atoms with Gasteiger partial charge in [0.2, 0.25) is 0 Å². The Balaban J connectivity index is 2.00. The number of nitrogens with two attached hydrogens (primary N) is 1. The molecule has 0 radical (unpaired) electrons. The summed E-state index contributed by atoms with van der Waals surface area (Å²) in [4.78, 5) is 12.0. The Bertz CT molecular complexity index is 688. The fourth-order valence-corrected chi connectivity index (χ4v) is 1.87. The van der Waals surface area contributed by atoms with Crippen molar-refractivity contribution in [1.29, 1.82) is 5.26 Å². The molecule has 0 atom stereocenters. The van der Waals surface area contributed by atoms with Gasteiger partial charge in [-0.15, -0.1) is 0 Å². The summed E-state index contributed by atoms with van der Waals surface area (Å²) < 4.78 is 5.08. The van der Waals surface area contributed by atoms with Gasteiger partial charge < -0.3 is 15.8 Å². The molecule has 2 aromatic carbocycles. The zero-order valence-corrected chi connectivity index (χ0v) is 11.6. The molecular weight excluding hydrogens is 266 g/mol. The summed E-state index contributed by atoms with van der Waals surface area (Å²) in [6.07, 6.45) is 0. The van der Waals surface area contributed by atoms with Gasteiger partial charge in [-0.2, -0.15) is 5.26 Å². The minimum absolute atomic E-state index is 0.200. The third-order valence-corrected chi connectivity index (χ3v) is 3.02. The Morgan fingerprint density at radius 3 is 2.57 bits per heavy atom. The average Bonchev–Trinajstić information content (AvgIpc) is 2.52. The summed E-state index contributed by atoms with van der Waals surface area (Å²) in [6, 6.07) is 13.8. The number of benzene rings is 2. The second-order valence-corrected chi connectivity index (χ2v) is 4.45. The number of nitriles is 1. The number of anilines is 1. The number of ether oxygens (including phenoxy) is 1. The summed E-state index contributed by atoms with van der Waals surface area (Å²) in [5, 5.41) is 11.5. The van der Waals surface area contributed by atoms with Gasteiger partial charge in [0.05, 0.1) is 24.4 Å². The summed E-state index contributed by atoms with van der Waals surface area (Å²) >= 11 is 0. The minimum atomic E-state index is -0.200. The molecule has 1 amide bonds. The highest BCUT2D eigenvalue weighted by molar-refractivity contribution is 5.94. The van der Waals surface area contributed by atoms with Gasteiger partial charge in [-0.25, -0.2) is 0 Å². The molecule has 106 valence electrons. The van der Waals surface area contributed by atoms with E-state index in [0.717, 1.165) is 5.56 Å². The largest absolute Gasteiger partial charge is 0.495 e. The van der Waals surface area contributed by atoms with Crippen LogP contribution in [0, 0.1) is 11.3 Å². The zero-order valence-electron chi connectivity index (χ0n) is 11.6. The van der Waals surface area contributed by atoms with Crippen molar-refractivity contribution in [3.63, 3.8) is 0 Å². The second kappa shape index (κ2) is 6.44. The van der Waals surface area contributed by atoms with E-state index in [4.69, 9.17) is 15.7 Å². The number of nitrogens with one attached hydrogen (secondary N) is 1. The number of hydrogen-bond acceptors (Lipinski definition) is 4. The Morgan fingerprint density at radius 2 is 2.00 bits per heavy atom. The highest BCUT2D eigenvalue weighted by Gasteiger charge is 2.06. The first-order valence-corrected chi connectivity index (χ1v) is 6.35. The van der Waals surface area contributed by atoms with Crippen LogP contribution in [0.1, 0.15) is 21.5 Å². The van der Waals surface area contributed by atoms with Crippen LogP contribution in [0.2, 0.25) is 0 Å². The van der Waals surface area contributed by atoms with Gasteiger partial charge in [0.1, 0.15) is 5.75 Å². The quantitative estimate of drug-likeness (QED) is 0.840. The second-order valence-electron chi connectivity index (χ2n) is 4.45. The lowest BCUT2D eigenvalue weighted by atomic mass is 10.1. The number of carbonyl (C=O) groups excluding carboxylic acids is 1. The van der Waals surface area contributed by atoms with Crippen LogP contribution in [0.3, 0.4) is 0 Å². The monoisotopic (exact) mass is 281 g/mol. The van der Waals surface area contributed by atoms with Crippen LogP contribution in [0.25, 0.3) is 0 Å². The molecule has 0 saturated carbocycles. The van der Waals surface area contributed by atoms with Crippen LogP contribution in [0.5, 0.6) is 5.75 Å². The van der Waals surface area contributed by atoms with Crippen LogP contribution in [0.15, 0.2) is 42.5 Å². The van der Waals surface area contributed by atoms with Crippen molar-refractivity contribution < 1.29 is 9.53 Å². The molecule has 2 aromatic rings. The number of nitrogen functional groups attached to an aromatic ring is 1. The average molecular weight is 281 g/mol. The van der Waals surface area contributed by atoms with E-state index >= 15 is 0 Å². The molecule has 5 nitrogen and oxygen atoms in total. The highest BCUT2D eigenvalue weighted by Crippen LogP contribution is 2.21. The number of carbonyl (C=O) groups is 1. The minimum Gasteiger partial charge on any atom is -0.495 e. The van der Waals surface area contributed by atoms with Crippen LogP contribution < -0.4 is 15.8 Å². The number of rotatable bonds is 4. The van der Waals surface area contributed by atoms with Crippen molar-refractivity contribution in [3.05, 3.63) is 59.2 Å². The standard InChI is InChI=1S/C16H15N3O2/c1-21-15-7-4-12(8-14(15)18)10-19-16(20)13-5-2-11(9-17)3-6-13/h2-8H,10,18H2,1H3,(H,19,20).